The van der Waals surface area contributed by atoms with E-state index in [4.69, 9.17) is 4.74 Å². The molecule has 1 aromatic carbocycles. The van der Waals surface area contributed by atoms with Gasteiger partial charge in [0.05, 0.1) is 0 Å². The highest BCUT2D eigenvalue weighted by Gasteiger charge is 2.21. The quantitative estimate of drug-likeness (QED) is 0.874. The molecule has 0 radical (unpaired) electrons. The van der Waals surface area contributed by atoms with Crippen molar-refractivity contribution < 1.29 is 9.13 Å². The van der Waals surface area contributed by atoms with E-state index in [-0.39, 0.29) is 11.9 Å². The van der Waals surface area contributed by atoms with Crippen LogP contribution in [0.3, 0.4) is 0 Å². The van der Waals surface area contributed by atoms with Crippen molar-refractivity contribution in [2.75, 3.05) is 6.61 Å². The first-order valence-corrected chi connectivity index (χ1v) is 7.21. The molecule has 0 bridgehead atoms. The second kappa shape index (κ2) is 5.71. The number of hydrogen-bond donors (Lipinski definition) is 1. The Kier molecular flexibility index (Phi) is 3.79. The van der Waals surface area contributed by atoms with E-state index < -0.39 is 0 Å². The van der Waals surface area contributed by atoms with E-state index in [1.54, 1.807) is 6.07 Å². The first kappa shape index (κ1) is 12.6. The van der Waals surface area contributed by atoms with Gasteiger partial charge in [-0.3, -0.25) is 5.10 Å². The summed E-state index contributed by atoms with van der Waals surface area (Å²) in [6.07, 6.45) is 2.11. The van der Waals surface area contributed by atoms with Gasteiger partial charge in [0, 0.05) is 12.4 Å². The summed E-state index contributed by atoms with van der Waals surface area (Å²) in [5, 5.41) is 7.74. The van der Waals surface area contributed by atoms with Crippen LogP contribution >= 0.6 is 11.8 Å². The fourth-order valence-electron chi connectivity index (χ4n) is 2.03. The molecule has 1 N–H and O–H groups in total. The lowest BCUT2D eigenvalue weighted by Crippen LogP contribution is -1.97. The fourth-order valence-corrected chi connectivity index (χ4v) is 2.78. The van der Waals surface area contributed by atoms with E-state index in [2.05, 4.69) is 15.2 Å². The van der Waals surface area contributed by atoms with Gasteiger partial charge in [-0.15, -0.1) is 5.10 Å². The van der Waals surface area contributed by atoms with Crippen LogP contribution in [0.2, 0.25) is 0 Å². The Morgan fingerprint density at radius 1 is 1.47 bits per heavy atom. The number of benzene rings is 1. The normalized spacial score (nSPS) is 18.9. The van der Waals surface area contributed by atoms with E-state index in [1.807, 2.05) is 6.07 Å². The maximum Gasteiger partial charge on any atom is 0.208 e. The van der Waals surface area contributed by atoms with Crippen LogP contribution in [0.25, 0.3) is 0 Å². The minimum Gasteiger partial charge on any atom is -0.370 e. The number of thioether (sulfide) groups is 1. The topological polar surface area (TPSA) is 50.8 Å². The molecule has 1 fully saturated rings. The first-order chi connectivity index (χ1) is 9.31. The van der Waals surface area contributed by atoms with Crippen LogP contribution in [0.5, 0.6) is 0 Å². The predicted octanol–water partition coefficient (Wildman–Crippen LogP) is 3.09. The molecular formula is C13H14FN3OS. The summed E-state index contributed by atoms with van der Waals surface area (Å²) in [6.45, 7) is 0.789. The lowest BCUT2D eigenvalue weighted by atomic mass is 10.2. The van der Waals surface area contributed by atoms with E-state index in [0.29, 0.717) is 10.9 Å². The summed E-state index contributed by atoms with van der Waals surface area (Å²) in [7, 11) is 0. The maximum absolute atomic E-state index is 13.0. The molecule has 1 saturated heterocycles. The Morgan fingerprint density at radius 3 is 3.21 bits per heavy atom. The summed E-state index contributed by atoms with van der Waals surface area (Å²) >= 11 is 1.49. The number of H-pyrrole nitrogens is 1. The van der Waals surface area contributed by atoms with Gasteiger partial charge in [0.25, 0.3) is 0 Å². The summed E-state index contributed by atoms with van der Waals surface area (Å²) in [6, 6.07) is 6.57. The third kappa shape index (κ3) is 3.13. The predicted molar refractivity (Wildman–Crippen MR) is 70.3 cm³/mol. The standard InChI is InChI=1S/C13H14FN3OS/c14-10-4-1-3-9(7-10)8-19-13-15-12(16-17-13)11-5-2-6-18-11/h1,3-4,7,11H,2,5-6,8H2,(H,15,16,17)/t11-/m1/s1. The molecule has 2 aromatic rings. The molecule has 0 amide bonds. The summed E-state index contributed by atoms with van der Waals surface area (Å²) in [5.41, 5.74) is 0.925. The van der Waals surface area contributed by atoms with E-state index >= 15 is 0 Å². The number of aromatic amines is 1. The number of nitrogens with one attached hydrogen (secondary N) is 1. The Balaban J connectivity index is 1.61. The van der Waals surface area contributed by atoms with Gasteiger partial charge >= 0.3 is 0 Å². The average Bonchev–Trinajstić information content (AvgIpc) is 3.07. The van der Waals surface area contributed by atoms with Crippen LogP contribution in [0.15, 0.2) is 29.4 Å². The molecular weight excluding hydrogens is 265 g/mol. The molecule has 0 aliphatic carbocycles. The SMILES string of the molecule is Fc1cccc(CSc2n[nH]c([C@H]3CCCO3)n2)c1. The molecule has 0 unspecified atom stereocenters. The van der Waals surface area contributed by atoms with Crippen LogP contribution in [-0.2, 0) is 10.5 Å². The summed E-state index contributed by atoms with van der Waals surface area (Å²) in [4.78, 5) is 4.41. The van der Waals surface area contributed by atoms with Gasteiger partial charge in [-0.2, -0.15) is 0 Å². The molecule has 0 spiro atoms. The minimum absolute atomic E-state index is 0.0519. The van der Waals surface area contributed by atoms with Crippen molar-refractivity contribution in [3.63, 3.8) is 0 Å². The Hall–Kier alpha value is -1.40. The molecule has 3 rings (SSSR count). The van der Waals surface area contributed by atoms with Gasteiger partial charge in [-0.25, -0.2) is 9.37 Å². The van der Waals surface area contributed by atoms with Crippen molar-refractivity contribution >= 4 is 11.8 Å². The third-order valence-corrected chi connectivity index (χ3v) is 3.89. The highest BCUT2D eigenvalue weighted by molar-refractivity contribution is 7.98. The third-order valence-electron chi connectivity index (χ3n) is 2.97. The zero-order valence-electron chi connectivity index (χ0n) is 10.3. The lowest BCUT2D eigenvalue weighted by Gasteiger charge is -2.02. The number of aromatic nitrogens is 3. The van der Waals surface area contributed by atoms with Crippen molar-refractivity contribution in [1.82, 2.24) is 15.2 Å². The molecule has 6 heteroatoms. The Morgan fingerprint density at radius 2 is 2.42 bits per heavy atom. The second-order valence-corrected chi connectivity index (χ2v) is 5.37. The number of rotatable bonds is 4. The largest absolute Gasteiger partial charge is 0.370 e. The molecule has 2 heterocycles. The van der Waals surface area contributed by atoms with Crippen molar-refractivity contribution in [2.45, 2.75) is 29.9 Å². The minimum atomic E-state index is -0.215. The fraction of sp³-hybridized carbons (Fsp3) is 0.385. The average molecular weight is 279 g/mol. The molecule has 1 aromatic heterocycles. The number of halogens is 1. The number of nitrogens with zero attached hydrogens (tertiary/aromatic N) is 2. The molecule has 1 atom stereocenters. The summed E-state index contributed by atoms with van der Waals surface area (Å²) in [5.74, 6) is 1.23. The Bertz CT molecular complexity index is 554. The molecule has 19 heavy (non-hydrogen) atoms. The van der Waals surface area contributed by atoms with Crippen LogP contribution in [-0.4, -0.2) is 21.8 Å². The molecule has 1 aliphatic heterocycles. The van der Waals surface area contributed by atoms with Crippen molar-refractivity contribution in [3.05, 3.63) is 41.5 Å². The first-order valence-electron chi connectivity index (χ1n) is 6.22. The van der Waals surface area contributed by atoms with Gasteiger partial charge in [-0.05, 0) is 30.5 Å². The zero-order valence-corrected chi connectivity index (χ0v) is 11.1. The van der Waals surface area contributed by atoms with Crippen molar-refractivity contribution in [2.24, 2.45) is 0 Å². The highest BCUT2D eigenvalue weighted by atomic mass is 32.2. The summed E-state index contributed by atoms with van der Waals surface area (Å²) < 4.78 is 18.6. The van der Waals surface area contributed by atoms with E-state index in [9.17, 15) is 4.39 Å². The smallest absolute Gasteiger partial charge is 0.208 e. The number of ether oxygens (including phenoxy) is 1. The van der Waals surface area contributed by atoms with Crippen LogP contribution < -0.4 is 0 Å². The van der Waals surface area contributed by atoms with Gasteiger partial charge in [0.1, 0.15) is 11.9 Å². The van der Waals surface area contributed by atoms with Gasteiger partial charge in [0.15, 0.2) is 5.82 Å². The van der Waals surface area contributed by atoms with Crippen LogP contribution in [0.1, 0.15) is 30.3 Å². The van der Waals surface area contributed by atoms with Gasteiger partial charge in [-0.1, -0.05) is 23.9 Å². The van der Waals surface area contributed by atoms with E-state index in [0.717, 1.165) is 30.8 Å². The van der Waals surface area contributed by atoms with E-state index in [1.165, 1.54) is 23.9 Å². The monoisotopic (exact) mass is 279 g/mol. The molecule has 4 nitrogen and oxygen atoms in total. The van der Waals surface area contributed by atoms with Crippen molar-refractivity contribution in [1.29, 1.82) is 0 Å². The zero-order chi connectivity index (χ0) is 13.1. The lowest BCUT2D eigenvalue weighted by molar-refractivity contribution is 0.105. The molecule has 100 valence electrons. The Labute approximate surface area is 114 Å². The maximum atomic E-state index is 13.0. The second-order valence-electron chi connectivity index (χ2n) is 4.42. The van der Waals surface area contributed by atoms with Gasteiger partial charge in [0.2, 0.25) is 5.16 Å². The molecule has 1 aliphatic rings. The van der Waals surface area contributed by atoms with Crippen LogP contribution in [0.4, 0.5) is 4.39 Å². The van der Waals surface area contributed by atoms with Crippen LogP contribution in [0, 0.1) is 5.82 Å². The van der Waals surface area contributed by atoms with Crippen molar-refractivity contribution in [3.8, 4) is 0 Å². The number of hydrogen-bond acceptors (Lipinski definition) is 4. The van der Waals surface area contributed by atoms with Gasteiger partial charge < -0.3 is 4.74 Å². The highest BCUT2D eigenvalue weighted by Crippen LogP contribution is 2.27. The molecule has 0 saturated carbocycles.